The molecule has 0 saturated carbocycles. The lowest BCUT2D eigenvalue weighted by molar-refractivity contribution is 0.589. The van der Waals surface area contributed by atoms with Gasteiger partial charge in [0.25, 0.3) is 0 Å². The first-order chi connectivity index (χ1) is 16.9. The van der Waals surface area contributed by atoms with Crippen molar-refractivity contribution in [2.24, 2.45) is 0 Å². The highest BCUT2D eigenvalue weighted by Gasteiger charge is 2.08. The van der Waals surface area contributed by atoms with E-state index in [0.717, 1.165) is 0 Å². The molecule has 34 heavy (non-hydrogen) atoms. The molecule has 1 rings (SSSR count). The van der Waals surface area contributed by atoms with E-state index in [4.69, 9.17) is 0 Å². The minimum absolute atomic E-state index is 0.334. The molecule has 0 aliphatic rings. The van der Waals surface area contributed by atoms with E-state index < -0.39 is 0 Å². The van der Waals surface area contributed by atoms with Gasteiger partial charge in [-0.05, 0) is 56.2 Å². The van der Waals surface area contributed by atoms with Crippen molar-refractivity contribution < 1.29 is 0 Å². The zero-order chi connectivity index (χ0) is 25.0. The van der Waals surface area contributed by atoms with E-state index >= 15 is 0 Å². The molecule has 1 aromatic rings. The van der Waals surface area contributed by atoms with Crippen molar-refractivity contribution in [2.75, 3.05) is 18.5 Å². The third kappa shape index (κ3) is 24.3. The van der Waals surface area contributed by atoms with Gasteiger partial charge in [0.05, 0.1) is 0 Å². The molecule has 0 amide bonds. The van der Waals surface area contributed by atoms with Crippen LogP contribution in [-0.4, -0.2) is 18.5 Å². The van der Waals surface area contributed by atoms with Crippen molar-refractivity contribution in [3.05, 3.63) is 35.9 Å². The summed E-state index contributed by atoms with van der Waals surface area (Å²) in [4.78, 5) is 0. The Balaban J connectivity index is 0.00000529. The predicted molar refractivity (Wildman–Crippen MR) is 169 cm³/mol. The molecule has 0 radical (unpaired) electrons. The van der Waals surface area contributed by atoms with Crippen molar-refractivity contribution in [3.8, 4) is 0 Å². The lowest BCUT2D eigenvalue weighted by Crippen LogP contribution is -1.97. The third-order valence-electron chi connectivity index (χ3n) is 6.94. The van der Waals surface area contributed by atoms with Crippen LogP contribution in [0.2, 0.25) is 0 Å². The van der Waals surface area contributed by atoms with Crippen LogP contribution in [0.1, 0.15) is 141 Å². The summed E-state index contributed by atoms with van der Waals surface area (Å²) in [5.74, 6) is 0. The lowest BCUT2D eigenvalue weighted by atomic mass is 10.0. The van der Waals surface area contributed by atoms with Gasteiger partial charge in [0, 0.05) is 0 Å². The summed E-state index contributed by atoms with van der Waals surface area (Å²) in [6.07, 6.45) is 33.7. The molecule has 0 aliphatic heterocycles. The molecule has 0 aliphatic carbocycles. The Bertz CT molecular complexity index is 464. The fourth-order valence-corrected chi connectivity index (χ4v) is 7.44. The second-order valence-corrected chi connectivity index (χ2v) is 12.8. The number of hydrogen-bond acceptors (Lipinski definition) is 0. The fraction of sp³-hybridized carbons (Fsp3) is 0.806. The highest BCUT2D eigenvalue weighted by Crippen LogP contribution is 2.39. The van der Waals surface area contributed by atoms with Crippen molar-refractivity contribution >= 4 is 31.4 Å². The summed E-state index contributed by atoms with van der Waals surface area (Å²) in [6, 6.07) is 11.0. The second kappa shape index (κ2) is 29.8. The maximum Gasteiger partial charge on any atom is -0.0279 e. The van der Waals surface area contributed by atoms with Gasteiger partial charge in [-0.3, -0.25) is 0 Å². The normalized spacial score (nSPS) is 11.0. The summed E-state index contributed by atoms with van der Waals surface area (Å²) in [6.45, 7) is 4.65. The summed E-state index contributed by atoms with van der Waals surface area (Å²) in [5.41, 5.74) is 1.51. The first-order valence-corrected chi connectivity index (χ1v) is 19.9. The minimum atomic E-state index is 0.334. The van der Waals surface area contributed by atoms with Crippen LogP contribution in [0.5, 0.6) is 0 Å². The van der Waals surface area contributed by atoms with Gasteiger partial charge in [0.2, 0.25) is 0 Å². The molecule has 0 heterocycles. The van der Waals surface area contributed by atoms with Crippen molar-refractivity contribution in [3.63, 3.8) is 0 Å². The zero-order valence-corrected chi connectivity index (χ0v) is 26.7. The molecular weight excluding hydrogens is 514 g/mol. The van der Waals surface area contributed by atoms with Crippen LogP contribution in [0.3, 0.4) is 0 Å². The predicted octanol–water partition coefficient (Wildman–Crippen LogP) is 12.3. The molecular formula is C31H59BrP2. The third-order valence-corrected chi connectivity index (χ3v) is 9.78. The van der Waals surface area contributed by atoms with Crippen LogP contribution in [0.25, 0.3) is 0 Å². The average molecular weight is 574 g/mol. The van der Waals surface area contributed by atoms with Crippen molar-refractivity contribution in [2.45, 2.75) is 142 Å². The van der Waals surface area contributed by atoms with Crippen LogP contribution >= 0.6 is 31.4 Å². The Morgan fingerprint density at radius 2 is 0.853 bits per heavy atom. The average Bonchev–Trinajstić information content (AvgIpc) is 2.88. The Morgan fingerprint density at radius 3 is 1.26 bits per heavy atom. The number of benzene rings is 1. The van der Waals surface area contributed by atoms with Gasteiger partial charge in [-0.2, -0.15) is 0 Å². The number of halogens is 1. The molecule has 3 heteroatoms. The first-order valence-electron chi connectivity index (χ1n) is 14.8. The zero-order valence-electron chi connectivity index (χ0n) is 23.1. The Hall–Kier alpha value is 0.560. The van der Waals surface area contributed by atoms with E-state index in [2.05, 4.69) is 67.6 Å². The van der Waals surface area contributed by atoms with E-state index in [1.54, 1.807) is 18.5 Å². The summed E-state index contributed by atoms with van der Waals surface area (Å²) in [7, 11) is 2.56. The van der Waals surface area contributed by atoms with Gasteiger partial charge in [-0.25, -0.2) is 0 Å². The molecule has 1 unspecified atom stereocenters. The molecule has 1 aromatic carbocycles. The number of hydrogen-bond donors (Lipinski definition) is 0. The largest absolute Gasteiger partial charge is 0.107 e. The highest BCUT2D eigenvalue weighted by molar-refractivity contribution is 9.34. The maximum absolute atomic E-state index is 2.85. The quantitative estimate of drug-likeness (QED) is 0.0852. The van der Waals surface area contributed by atoms with Crippen molar-refractivity contribution in [1.82, 2.24) is 0 Å². The van der Waals surface area contributed by atoms with Gasteiger partial charge >= 0.3 is 0 Å². The first kappa shape index (κ1) is 34.6. The van der Waals surface area contributed by atoms with E-state index in [1.807, 2.05) is 0 Å². The van der Waals surface area contributed by atoms with E-state index in [9.17, 15) is 0 Å². The number of unbranched alkanes of at least 4 members (excludes halogenated alkanes) is 16. The molecule has 0 nitrogen and oxygen atoms in total. The van der Waals surface area contributed by atoms with Crippen LogP contribution in [-0.2, 0) is 6.42 Å². The van der Waals surface area contributed by atoms with E-state index in [-0.39, 0.29) is 0 Å². The second-order valence-electron chi connectivity index (χ2n) is 10.1. The van der Waals surface area contributed by atoms with Crippen LogP contribution < -0.4 is 0 Å². The minimum Gasteiger partial charge on any atom is -0.107 e. The Labute approximate surface area is 227 Å². The van der Waals surface area contributed by atoms with E-state index in [0.29, 0.717) is 7.92 Å². The molecule has 0 N–H and O–H groups in total. The van der Waals surface area contributed by atoms with Gasteiger partial charge in [0.1, 0.15) is 0 Å². The topological polar surface area (TPSA) is 0 Å². The highest BCUT2D eigenvalue weighted by atomic mass is 79.9. The summed E-state index contributed by atoms with van der Waals surface area (Å²) in [5, 5.41) is 0. The molecule has 0 spiro atoms. The maximum atomic E-state index is 2.85. The van der Waals surface area contributed by atoms with Gasteiger partial charge in [-0.1, -0.05) is 164 Å². The van der Waals surface area contributed by atoms with E-state index in [1.165, 1.54) is 134 Å². The van der Waals surface area contributed by atoms with Crippen LogP contribution in [0.15, 0.2) is 30.3 Å². The fourth-order valence-electron chi connectivity index (χ4n) is 4.76. The molecule has 0 bridgehead atoms. The molecule has 1 atom stereocenters. The lowest BCUT2D eigenvalue weighted by Gasteiger charge is -2.18. The Morgan fingerprint density at radius 1 is 0.500 bits per heavy atom. The molecule has 0 fully saturated rings. The standard InChI is InChI=1S/C31H57P.BrH2P/c1-3-5-7-9-15-22-28-32(29-23-16-10-8-6-4-2)30-24-17-13-11-12-14-19-25-31-26-20-18-21-27-31;1-2/h18,20-21,26-27H,3-17,19,22-25,28-30H2,1-2H3;2H2. The smallest absolute Gasteiger partial charge is 0.0279 e. The van der Waals surface area contributed by atoms with Gasteiger partial charge in [0.15, 0.2) is 0 Å². The van der Waals surface area contributed by atoms with Crippen LogP contribution in [0, 0.1) is 0 Å². The van der Waals surface area contributed by atoms with Gasteiger partial charge < -0.3 is 0 Å². The summed E-state index contributed by atoms with van der Waals surface area (Å²) >= 11 is 2.85. The Kier molecular flexibility index (Phi) is 30.3. The monoisotopic (exact) mass is 572 g/mol. The van der Waals surface area contributed by atoms with Crippen molar-refractivity contribution in [1.29, 1.82) is 0 Å². The summed E-state index contributed by atoms with van der Waals surface area (Å²) < 4.78 is 0. The molecule has 0 saturated heterocycles. The van der Waals surface area contributed by atoms with Gasteiger partial charge in [-0.15, -0.1) is 7.92 Å². The SMILES string of the molecule is CCCCCCCCP(CCCCCCCC)CCCCCCCCCc1ccccc1.PBr. The molecule has 0 aromatic heterocycles. The van der Waals surface area contributed by atoms with Crippen LogP contribution in [0.4, 0.5) is 0 Å². The number of aryl methyl sites for hydroxylation is 1. The molecule has 200 valence electrons. The number of rotatable bonds is 24.